The lowest BCUT2D eigenvalue weighted by atomic mass is 9.86. The predicted octanol–water partition coefficient (Wildman–Crippen LogP) is 4.49. The first-order chi connectivity index (χ1) is 11.8. The summed E-state index contributed by atoms with van der Waals surface area (Å²) in [4.78, 5) is 16.7. The predicted molar refractivity (Wildman–Crippen MR) is 118 cm³/mol. The highest BCUT2D eigenvalue weighted by Gasteiger charge is 2.29. The summed E-state index contributed by atoms with van der Waals surface area (Å²) in [6.07, 6.45) is 4.36. The number of nitrogens with one attached hydrogen (secondary N) is 1. The van der Waals surface area contributed by atoms with Crippen molar-refractivity contribution in [2.75, 3.05) is 5.32 Å². The van der Waals surface area contributed by atoms with Crippen LogP contribution in [0.1, 0.15) is 58.9 Å². The number of esters is 1. The van der Waals surface area contributed by atoms with E-state index in [1.54, 1.807) is 0 Å². The second-order valence-electron chi connectivity index (χ2n) is 7.73. The Morgan fingerprint density at radius 3 is 2.27 bits per heavy atom. The summed E-state index contributed by atoms with van der Waals surface area (Å²) in [5.41, 5.74) is 7.85. The third kappa shape index (κ3) is 7.51. The van der Waals surface area contributed by atoms with Crippen LogP contribution < -0.4 is 11.1 Å². The number of rotatable bonds is 4. The average molecular weight is 473 g/mol. The van der Waals surface area contributed by atoms with E-state index >= 15 is 0 Å². The number of halogens is 1. The molecule has 1 fully saturated rings. The molecule has 1 aromatic rings. The number of guanidine groups is 1. The van der Waals surface area contributed by atoms with E-state index in [4.69, 9.17) is 10.5 Å². The van der Waals surface area contributed by atoms with Crippen LogP contribution in [0.3, 0.4) is 0 Å². The van der Waals surface area contributed by atoms with E-state index in [2.05, 4.69) is 29.4 Å². The highest BCUT2D eigenvalue weighted by Crippen LogP contribution is 2.28. The van der Waals surface area contributed by atoms with Crippen molar-refractivity contribution in [2.45, 2.75) is 71.4 Å². The van der Waals surface area contributed by atoms with E-state index in [1.807, 2.05) is 32.9 Å². The van der Waals surface area contributed by atoms with Gasteiger partial charge >= 0.3 is 5.97 Å². The van der Waals surface area contributed by atoms with Gasteiger partial charge in [0.2, 0.25) is 0 Å². The van der Waals surface area contributed by atoms with Gasteiger partial charge in [0.25, 0.3) is 0 Å². The number of ether oxygens (including phenoxy) is 1. The molecule has 146 valence electrons. The zero-order chi connectivity index (χ0) is 18.4. The average Bonchev–Trinajstić information content (AvgIpc) is 2.54. The molecule has 0 aliphatic heterocycles. The fraction of sp³-hybridized carbons (Fsp3) is 0.600. The first kappa shape index (κ1) is 22.7. The van der Waals surface area contributed by atoms with Gasteiger partial charge in [0.1, 0.15) is 5.60 Å². The van der Waals surface area contributed by atoms with Crippen molar-refractivity contribution in [1.29, 1.82) is 0 Å². The maximum atomic E-state index is 12.1. The first-order valence-corrected chi connectivity index (χ1v) is 9.19. The van der Waals surface area contributed by atoms with Crippen molar-refractivity contribution in [2.24, 2.45) is 16.6 Å². The van der Waals surface area contributed by atoms with Crippen LogP contribution >= 0.6 is 24.0 Å². The van der Waals surface area contributed by atoms with Gasteiger partial charge < -0.3 is 15.8 Å². The lowest BCUT2D eigenvalue weighted by molar-refractivity contribution is -0.161. The van der Waals surface area contributed by atoms with Crippen LogP contribution in [0.2, 0.25) is 0 Å². The van der Waals surface area contributed by atoms with Gasteiger partial charge in [-0.2, -0.15) is 0 Å². The molecule has 0 amide bonds. The smallest absolute Gasteiger partial charge is 0.309 e. The van der Waals surface area contributed by atoms with Crippen molar-refractivity contribution in [3.8, 4) is 0 Å². The van der Waals surface area contributed by atoms with E-state index in [1.165, 1.54) is 5.56 Å². The largest absolute Gasteiger partial charge is 0.460 e. The van der Waals surface area contributed by atoms with Crippen LogP contribution in [0.4, 0.5) is 5.69 Å². The maximum absolute atomic E-state index is 12.1. The van der Waals surface area contributed by atoms with Gasteiger partial charge in [-0.15, -0.1) is 24.0 Å². The third-order valence-corrected chi connectivity index (χ3v) is 4.39. The summed E-state index contributed by atoms with van der Waals surface area (Å²) < 4.78 is 5.48. The summed E-state index contributed by atoms with van der Waals surface area (Å²) in [7, 11) is 0. The topological polar surface area (TPSA) is 76.7 Å². The quantitative estimate of drug-likeness (QED) is 0.292. The second kappa shape index (κ2) is 10.1. The molecule has 1 aromatic carbocycles. The molecule has 1 aliphatic carbocycles. The molecule has 6 heteroatoms. The van der Waals surface area contributed by atoms with E-state index in [-0.39, 0.29) is 41.9 Å². The minimum Gasteiger partial charge on any atom is -0.460 e. The zero-order valence-corrected chi connectivity index (χ0v) is 18.6. The SMILES string of the molecule is CCc1ccc(NC(N)=NC2CCC(C(=O)OC(C)(C)C)CC2)cc1.I. The van der Waals surface area contributed by atoms with E-state index < -0.39 is 5.60 Å². The molecule has 2 rings (SSSR count). The number of hydrogen-bond acceptors (Lipinski definition) is 3. The summed E-state index contributed by atoms with van der Waals surface area (Å²) in [5.74, 6) is 0.337. The molecule has 26 heavy (non-hydrogen) atoms. The standard InChI is InChI=1S/C20H31N3O2.HI/c1-5-14-6-10-16(11-7-14)22-19(21)23-17-12-8-15(9-13-17)18(24)25-20(2,3)4;/h6-7,10-11,15,17H,5,8-9,12-13H2,1-4H3,(H3,21,22,23);1H. The molecule has 0 atom stereocenters. The zero-order valence-electron chi connectivity index (χ0n) is 16.2. The van der Waals surface area contributed by atoms with Gasteiger partial charge in [-0.3, -0.25) is 4.79 Å². The number of aliphatic imine (C=N–C) groups is 1. The maximum Gasteiger partial charge on any atom is 0.309 e. The highest BCUT2D eigenvalue weighted by molar-refractivity contribution is 14.0. The Hall–Kier alpha value is -1.31. The number of carbonyl (C=O) groups is 1. The fourth-order valence-electron chi connectivity index (χ4n) is 3.03. The highest BCUT2D eigenvalue weighted by atomic mass is 127. The molecule has 1 saturated carbocycles. The number of aryl methyl sites for hydroxylation is 1. The van der Waals surface area contributed by atoms with Crippen LogP contribution in [-0.2, 0) is 16.0 Å². The minimum atomic E-state index is -0.423. The van der Waals surface area contributed by atoms with E-state index in [9.17, 15) is 4.79 Å². The molecular formula is C20H32IN3O2. The Kier molecular flexibility index (Phi) is 8.86. The lowest BCUT2D eigenvalue weighted by Crippen LogP contribution is -2.32. The molecule has 0 spiro atoms. The summed E-state index contributed by atoms with van der Waals surface area (Å²) >= 11 is 0. The Bertz CT molecular complexity index is 600. The molecule has 0 aromatic heterocycles. The number of nitrogens with two attached hydrogens (primary N) is 1. The van der Waals surface area contributed by atoms with Crippen LogP contribution in [0.5, 0.6) is 0 Å². The van der Waals surface area contributed by atoms with Crippen molar-refractivity contribution in [3.05, 3.63) is 29.8 Å². The van der Waals surface area contributed by atoms with Gasteiger partial charge in [0.15, 0.2) is 5.96 Å². The van der Waals surface area contributed by atoms with Gasteiger partial charge in [-0.05, 0) is 70.6 Å². The molecule has 3 N–H and O–H groups in total. The molecule has 0 saturated heterocycles. The summed E-state index contributed by atoms with van der Waals surface area (Å²) in [6, 6.07) is 8.37. The summed E-state index contributed by atoms with van der Waals surface area (Å²) in [6.45, 7) is 7.84. The van der Waals surface area contributed by atoms with Crippen LogP contribution in [-0.4, -0.2) is 23.6 Å². The van der Waals surface area contributed by atoms with Crippen LogP contribution in [0, 0.1) is 5.92 Å². The first-order valence-electron chi connectivity index (χ1n) is 9.19. The third-order valence-electron chi connectivity index (χ3n) is 4.39. The van der Waals surface area contributed by atoms with Gasteiger partial charge in [-0.25, -0.2) is 4.99 Å². The molecular weight excluding hydrogens is 441 g/mol. The fourth-order valence-corrected chi connectivity index (χ4v) is 3.03. The van der Waals surface area contributed by atoms with E-state index in [0.717, 1.165) is 37.8 Å². The lowest BCUT2D eigenvalue weighted by Gasteiger charge is -2.28. The molecule has 0 heterocycles. The van der Waals surface area contributed by atoms with Crippen molar-refractivity contribution >= 4 is 41.6 Å². The molecule has 1 aliphatic rings. The van der Waals surface area contributed by atoms with Gasteiger partial charge in [0.05, 0.1) is 12.0 Å². The molecule has 0 bridgehead atoms. The van der Waals surface area contributed by atoms with Crippen molar-refractivity contribution in [1.82, 2.24) is 0 Å². The van der Waals surface area contributed by atoms with Gasteiger partial charge in [0, 0.05) is 5.69 Å². The molecule has 0 radical (unpaired) electrons. The van der Waals surface area contributed by atoms with Gasteiger partial charge in [-0.1, -0.05) is 19.1 Å². The minimum absolute atomic E-state index is 0. The number of nitrogens with zero attached hydrogens (tertiary/aromatic N) is 1. The van der Waals surface area contributed by atoms with Crippen molar-refractivity contribution < 1.29 is 9.53 Å². The Labute approximate surface area is 174 Å². The number of hydrogen-bond donors (Lipinski definition) is 2. The Morgan fingerprint density at radius 1 is 1.19 bits per heavy atom. The number of benzene rings is 1. The summed E-state index contributed by atoms with van der Waals surface area (Å²) in [5, 5.41) is 3.14. The Balaban J connectivity index is 0.00000338. The van der Waals surface area contributed by atoms with Crippen LogP contribution in [0.25, 0.3) is 0 Å². The number of anilines is 1. The van der Waals surface area contributed by atoms with Crippen LogP contribution in [0.15, 0.2) is 29.3 Å². The monoisotopic (exact) mass is 473 g/mol. The van der Waals surface area contributed by atoms with E-state index in [0.29, 0.717) is 5.96 Å². The molecule has 0 unspecified atom stereocenters. The second-order valence-corrected chi connectivity index (χ2v) is 7.73. The number of carbonyl (C=O) groups excluding carboxylic acids is 1. The van der Waals surface area contributed by atoms with Crippen molar-refractivity contribution in [3.63, 3.8) is 0 Å². The molecule has 5 nitrogen and oxygen atoms in total. The normalized spacial score (nSPS) is 20.8. The Morgan fingerprint density at radius 2 is 1.77 bits per heavy atom.